The first kappa shape index (κ1) is 7.20. The average Bonchev–Trinajstić information content (AvgIpc) is 2.63. The Kier molecular flexibility index (Phi) is 2.45. The van der Waals surface area contributed by atoms with Gasteiger partial charge in [0.15, 0.2) is 5.78 Å². The maximum absolute atomic E-state index is 12.9. The third-order valence-electron chi connectivity index (χ3n) is 2.50. The van der Waals surface area contributed by atoms with E-state index in [1.54, 1.807) is 6.07 Å². The maximum atomic E-state index is 12.9. The fraction of sp³-hybridized carbons (Fsp3) is 0.467. The highest BCUT2D eigenvalue weighted by molar-refractivity contribution is 6.09. The lowest BCUT2D eigenvalue weighted by molar-refractivity contribution is -0.149. The molecule has 2 rings (SSSR count). The number of hydrogen-bond donors (Lipinski definition) is 0. The molecule has 102 valence electrons. The quantitative estimate of drug-likeness (QED) is 0.467. The van der Waals surface area contributed by atoms with Gasteiger partial charge in [0, 0.05) is 17.6 Å². The molecule has 1 aromatic carbocycles. The topological polar surface area (TPSA) is 52.6 Å². The molecule has 2 atom stereocenters. The van der Waals surface area contributed by atoms with Crippen molar-refractivity contribution in [2.24, 2.45) is 5.92 Å². The zero-order valence-corrected chi connectivity index (χ0v) is 10.3. The summed E-state index contributed by atoms with van der Waals surface area (Å²) in [6.45, 7) is -1.96. The SMILES string of the molecule is [2H]C1([2H])OC([2H])(C(C(=O)OCC)C(=O)c2ccccc2)C([2H])([2H])C1([2H])[2H]. The molecule has 1 aliphatic heterocycles. The minimum Gasteiger partial charge on any atom is -0.465 e. The van der Waals surface area contributed by atoms with Crippen molar-refractivity contribution in [3.8, 4) is 0 Å². The van der Waals surface area contributed by atoms with Crippen LogP contribution in [0.25, 0.3) is 0 Å². The van der Waals surface area contributed by atoms with Gasteiger partial charge in [-0.05, 0) is 19.7 Å². The number of esters is 1. The van der Waals surface area contributed by atoms with Gasteiger partial charge in [-0.15, -0.1) is 0 Å². The van der Waals surface area contributed by atoms with Gasteiger partial charge >= 0.3 is 5.97 Å². The molecule has 0 aliphatic carbocycles. The number of carbonyl (C=O) groups is 2. The van der Waals surface area contributed by atoms with E-state index in [1.807, 2.05) is 0 Å². The first-order valence-corrected chi connectivity index (χ1v) is 5.79. The van der Waals surface area contributed by atoms with Gasteiger partial charge in [0.25, 0.3) is 0 Å². The van der Waals surface area contributed by atoms with Crippen LogP contribution in [0.3, 0.4) is 0 Å². The summed E-state index contributed by atoms with van der Waals surface area (Å²) in [5, 5.41) is 0. The summed E-state index contributed by atoms with van der Waals surface area (Å²) in [6.07, 6.45) is -9.78. The molecule has 0 amide bonds. The summed E-state index contributed by atoms with van der Waals surface area (Å²) in [7, 11) is 0. The normalized spacial score (nSPS) is 37.2. The number of carbonyl (C=O) groups excluding carboxylic acids is 2. The molecule has 0 N–H and O–H groups in total. The van der Waals surface area contributed by atoms with Gasteiger partial charge in [0.2, 0.25) is 0 Å². The predicted octanol–water partition coefficient (Wildman–Crippen LogP) is 2.23. The third kappa shape index (κ3) is 3.20. The Morgan fingerprint density at radius 1 is 1.53 bits per heavy atom. The van der Waals surface area contributed by atoms with Crippen LogP contribution in [0.1, 0.15) is 39.6 Å². The number of ketones is 1. The van der Waals surface area contributed by atoms with Gasteiger partial charge in [-0.25, -0.2) is 0 Å². The lowest BCUT2D eigenvalue weighted by Gasteiger charge is -2.20. The largest absolute Gasteiger partial charge is 0.465 e. The van der Waals surface area contributed by atoms with Crippen LogP contribution < -0.4 is 0 Å². The predicted molar refractivity (Wildman–Crippen MR) is 69.9 cm³/mol. The first-order chi connectivity index (χ1) is 11.8. The Labute approximate surface area is 122 Å². The van der Waals surface area contributed by atoms with E-state index in [4.69, 9.17) is 19.1 Å². The molecule has 1 fully saturated rings. The highest BCUT2D eigenvalue weighted by atomic mass is 16.5. The monoisotopic (exact) mass is 269 g/mol. The zero-order chi connectivity index (χ0) is 20.0. The number of hydrogen-bond acceptors (Lipinski definition) is 4. The molecule has 1 saturated heterocycles. The minimum absolute atomic E-state index is 0.0374. The van der Waals surface area contributed by atoms with E-state index in [0.717, 1.165) is 0 Å². The molecule has 0 saturated carbocycles. The molecular formula is C15H18O4. The highest BCUT2D eigenvalue weighted by Crippen LogP contribution is 2.25. The van der Waals surface area contributed by atoms with Crippen molar-refractivity contribution in [3.05, 3.63) is 35.9 Å². The average molecular weight is 269 g/mol. The molecule has 2 unspecified atom stereocenters. The zero-order valence-electron chi connectivity index (χ0n) is 17.3. The van der Waals surface area contributed by atoms with Crippen LogP contribution >= 0.6 is 0 Å². The Balaban J connectivity index is 2.62. The molecule has 1 aromatic rings. The van der Waals surface area contributed by atoms with Gasteiger partial charge in [0.1, 0.15) is 5.92 Å². The summed E-state index contributed by atoms with van der Waals surface area (Å²) in [5.74, 6) is -4.52. The highest BCUT2D eigenvalue weighted by Gasteiger charge is 2.38. The lowest BCUT2D eigenvalue weighted by atomic mass is 9.91. The van der Waals surface area contributed by atoms with Crippen LogP contribution in [0.5, 0.6) is 0 Å². The Hall–Kier alpha value is -1.68. The van der Waals surface area contributed by atoms with Gasteiger partial charge in [-0.1, -0.05) is 30.3 Å². The van der Waals surface area contributed by atoms with Gasteiger partial charge in [-0.2, -0.15) is 0 Å². The smallest absolute Gasteiger partial charge is 0.319 e. The molecule has 1 aliphatic rings. The fourth-order valence-corrected chi connectivity index (χ4v) is 1.65. The number of rotatable bonds is 5. The van der Waals surface area contributed by atoms with E-state index in [2.05, 4.69) is 0 Å². The molecule has 1 heterocycles. The maximum Gasteiger partial charge on any atom is 0.319 e. The minimum atomic E-state index is -3.33. The standard InChI is InChI=1S/C15H18O4/c1-2-18-15(17)13(12-9-6-10-19-12)14(16)11-7-4-3-5-8-11/h3-5,7-8,12-13H,2,6,9-10H2,1H3/i6D2,9D2,10D2,12D. The van der Waals surface area contributed by atoms with E-state index in [9.17, 15) is 9.59 Å². The molecule has 0 bridgehead atoms. The van der Waals surface area contributed by atoms with Gasteiger partial charge in [0.05, 0.1) is 16.8 Å². The van der Waals surface area contributed by atoms with E-state index in [0.29, 0.717) is 0 Å². The number of Topliss-reactive ketones (excluding diaryl/α,β-unsaturated/α-hetero) is 1. The van der Waals surface area contributed by atoms with Crippen LogP contribution in [0.15, 0.2) is 30.3 Å². The molecule has 0 radical (unpaired) electrons. The second-order valence-electron chi connectivity index (χ2n) is 3.73. The van der Waals surface area contributed by atoms with Gasteiger partial charge < -0.3 is 9.47 Å². The molecule has 0 aromatic heterocycles. The van der Waals surface area contributed by atoms with Crippen LogP contribution in [0, 0.1) is 5.92 Å². The van der Waals surface area contributed by atoms with E-state index >= 15 is 0 Å². The molecule has 0 spiro atoms. The summed E-state index contributed by atoms with van der Waals surface area (Å²) in [6, 6.07) is 7.27. The summed E-state index contributed by atoms with van der Waals surface area (Å²) >= 11 is 0. The Morgan fingerprint density at radius 3 is 2.84 bits per heavy atom. The molecule has 4 nitrogen and oxygen atoms in total. The second kappa shape index (κ2) is 6.48. The summed E-state index contributed by atoms with van der Waals surface area (Å²) in [4.78, 5) is 25.3. The second-order valence-corrected chi connectivity index (χ2v) is 3.73. The van der Waals surface area contributed by atoms with E-state index in [1.165, 1.54) is 31.2 Å². The van der Waals surface area contributed by atoms with Crippen molar-refractivity contribution in [3.63, 3.8) is 0 Å². The van der Waals surface area contributed by atoms with E-state index in [-0.39, 0.29) is 12.2 Å². The van der Waals surface area contributed by atoms with Crippen molar-refractivity contribution < 1.29 is 28.7 Å². The van der Waals surface area contributed by atoms with Crippen LogP contribution in [0.2, 0.25) is 0 Å². The summed E-state index contributed by atoms with van der Waals surface area (Å²) in [5.41, 5.74) is -0.0374. The van der Waals surface area contributed by atoms with Crippen LogP contribution in [-0.2, 0) is 14.3 Å². The van der Waals surface area contributed by atoms with Crippen molar-refractivity contribution in [1.82, 2.24) is 0 Å². The lowest BCUT2D eigenvalue weighted by Crippen LogP contribution is -2.36. The van der Waals surface area contributed by atoms with E-state index < -0.39 is 43.1 Å². The summed E-state index contributed by atoms with van der Waals surface area (Å²) < 4.78 is 64.6. The third-order valence-corrected chi connectivity index (χ3v) is 2.50. The molecular weight excluding hydrogens is 244 g/mol. The van der Waals surface area contributed by atoms with Crippen molar-refractivity contribution in [2.45, 2.75) is 25.7 Å². The number of benzene rings is 1. The van der Waals surface area contributed by atoms with Gasteiger partial charge in [-0.3, -0.25) is 9.59 Å². The molecule has 19 heavy (non-hydrogen) atoms. The van der Waals surface area contributed by atoms with Crippen molar-refractivity contribution in [1.29, 1.82) is 0 Å². The van der Waals surface area contributed by atoms with Crippen LogP contribution in [0.4, 0.5) is 0 Å². The Bertz CT molecular complexity index is 707. The molecule has 4 heteroatoms. The first-order valence-electron chi connectivity index (χ1n) is 9.29. The number of ether oxygens (including phenoxy) is 2. The Morgan fingerprint density at radius 2 is 2.26 bits per heavy atom. The van der Waals surface area contributed by atoms with Crippen molar-refractivity contribution >= 4 is 11.8 Å². The van der Waals surface area contributed by atoms with Crippen LogP contribution in [-0.4, -0.2) is 31.0 Å². The van der Waals surface area contributed by atoms with Crippen molar-refractivity contribution in [2.75, 3.05) is 13.2 Å². The fourth-order valence-electron chi connectivity index (χ4n) is 1.65.